The van der Waals surface area contributed by atoms with Crippen molar-refractivity contribution in [1.29, 1.82) is 0 Å². The molecule has 1 fully saturated rings. The first-order chi connectivity index (χ1) is 14.2. The molecule has 0 atom stereocenters. The van der Waals surface area contributed by atoms with Gasteiger partial charge in [-0.3, -0.25) is 4.79 Å². The molecule has 1 amide bonds. The van der Waals surface area contributed by atoms with Gasteiger partial charge in [0.25, 0.3) is 0 Å². The average Bonchev–Trinajstić information content (AvgIpc) is 3.29. The van der Waals surface area contributed by atoms with Crippen LogP contribution in [0.4, 0.5) is 6.01 Å². The Morgan fingerprint density at radius 1 is 1.14 bits per heavy atom. The van der Waals surface area contributed by atoms with E-state index in [1.807, 2.05) is 59.5 Å². The zero-order chi connectivity index (χ0) is 20.1. The molecule has 3 aromatic rings. The van der Waals surface area contributed by atoms with E-state index in [0.717, 1.165) is 29.7 Å². The number of hydrogen-bond donors (Lipinski definition) is 1. The van der Waals surface area contributed by atoms with Gasteiger partial charge in [0.05, 0.1) is 7.11 Å². The third-order valence-electron chi connectivity index (χ3n) is 5.21. The number of methoxy groups -OCH3 is 1. The first-order valence-electron chi connectivity index (χ1n) is 9.77. The lowest BCUT2D eigenvalue weighted by atomic mass is 9.96. The lowest BCUT2D eigenvalue weighted by Crippen LogP contribution is -2.40. The van der Waals surface area contributed by atoms with Crippen molar-refractivity contribution in [2.75, 3.05) is 25.1 Å². The summed E-state index contributed by atoms with van der Waals surface area (Å²) in [4.78, 5) is 19.0. The number of carbonyl (C=O) groups excluding carboxylic acids is 1. The zero-order valence-electron chi connectivity index (χ0n) is 16.4. The number of nitrogens with one attached hydrogen (secondary N) is 1. The minimum absolute atomic E-state index is 0.0129. The van der Waals surface area contributed by atoms with Crippen LogP contribution >= 0.6 is 0 Å². The van der Waals surface area contributed by atoms with E-state index in [1.54, 1.807) is 7.11 Å². The smallest absolute Gasteiger partial charge is 0.324 e. The first-order valence-corrected chi connectivity index (χ1v) is 9.77. The van der Waals surface area contributed by atoms with Gasteiger partial charge in [0.1, 0.15) is 5.75 Å². The van der Waals surface area contributed by atoms with Crippen LogP contribution in [0.3, 0.4) is 0 Å². The Morgan fingerprint density at radius 2 is 1.86 bits per heavy atom. The number of anilines is 1. The maximum Gasteiger partial charge on any atom is 0.324 e. The van der Waals surface area contributed by atoms with Crippen LogP contribution in [0.25, 0.3) is 11.4 Å². The third kappa shape index (κ3) is 4.56. The molecule has 0 saturated carbocycles. The summed E-state index contributed by atoms with van der Waals surface area (Å²) < 4.78 is 10.6. The predicted molar refractivity (Wildman–Crippen MR) is 110 cm³/mol. The monoisotopic (exact) mass is 392 g/mol. The van der Waals surface area contributed by atoms with E-state index in [0.29, 0.717) is 31.5 Å². The fourth-order valence-electron chi connectivity index (χ4n) is 3.46. The van der Waals surface area contributed by atoms with Crippen LogP contribution < -0.4 is 15.0 Å². The summed E-state index contributed by atoms with van der Waals surface area (Å²) in [5.74, 6) is 1.45. The molecule has 1 aromatic heterocycles. The SMILES string of the molecule is COc1ccc(-c2noc(N3CCC(C(=O)NCc4ccccc4)CC3)n2)cc1. The lowest BCUT2D eigenvalue weighted by molar-refractivity contribution is -0.125. The molecule has 0 aliphatic carbocycles. The summed E-state index contributed by atoms with van der Waals surface area (Å²) in [6, 6.07) is 18.0. The highest BCUT2D eigenvalue weighted by atomic mass is 16.5. The molecule has 1 N–H and O–H groups in total. The van der Waals surface area contributed by atoms with Crippen molar-refractivity contribution in [1.82, 2.24) is 15.5 Å². The van der Waals surface area contributed by atoms with Gasteiger partial charge in [-0.15, -0.1) is 0 Å². The van der Waals surface area contributed by atoms with Gasteiger partial charge in [-0.2, -0.15) is 4.98 Å². The highest BCUT2D eigenvalue weighted by Crippen LogP contribution is 2.26. The molecule has 2 aromatic carbocycles. The number of benzene rings is 2. The van der Waals surface area contributed by atoms with Crippen molar-refractivity contribution in [3.8, 4) is 17.1 Å². The Labute approximate surface area is 169 Å². The summed E-state index contributed by atoms with van der Waals surface area (Å²) >= 11 is 0. The topological polar surface area (TPSA) is 80.5 Å². The Hall–Kier alpha value is -3.35. The summed E-state index contributed by atoms with van der Waals surface area (Å²) in [5, 5.41) is 7.13. The van der Waals surface area contributed by atoms with Crippen LogP contribution in [0.5, 0.6) is 5.75 Å². The molecule has 2 heterocycles. The van der Waals surface area contributed by atoms with Crippen molar-refractivity contribution >= 4 is 11.9 Å². The standard InChI is InChI=1S/C22H24N4O3/c1-28-19-9-7-17(8-10-19)20-24-22(29-25-20)26-13-11-18(12-14-26)21(27)23-15-16-5-3-2-4-6-16/h2-10,18H,11-15H2,1H3,(H,23,27). The van der Waals surface area contributed by atoms with Gasteiger partial charge >= 0.3 is 6.01 Å². The fourth-order valence-corrected chi connectivity index (χ4v) is 3.46. The second-order valence-corrected chi connectivity index (χ2v) is 7.09. The molecular formula is C22H24N4O3. The summed E-state index contributed by atoms with van der Waals surface area (Å²) in [7, 11) is 1.63. The lowest BCUT2D eigenvalue weighted by Gasteiger charge is -2.29. The molecule has 0 unspecified atom stereocenters. The molecule has 0 radical (unpaired) electrons. The maximum absolute atomic E-state index is 12.5. The van der Waals surface area contributed by atoms with Crippen LogP contribution in [-0.4, -0.2) is 36.2 Å². The van der Waals surface area contributed by atoms with E-state index in [-0.39, 0.29) is 11.8 Å². The number of nitrogens with zero attached hydrogens (tertiary/aromatic N) is 3. The molecule has 29 heavy (non-hydrogen) atoms. The van der Waals surface area contributed by atoms with Gasteiger partial charge in [-0.05, 0) is 42.7 Å². The molecule has 1 saturated heterocycles. The van der Waals surface area contributed by atoms with E-state index >= 15 is 0 Å². The minimum Gasteiger partial charge on any atom is -0.497 e. The zero-order valence-corrected chi connectivity index (χ0v) is 16.4. The third-order valence-corrected chi connectivity index (χ3v) is 5.21. The Morgan fingerprint density at radius 3 is 2.55 bits per heavy atom. The highest BCUT2D eigenvalue weighted by molar-refractivity contribution is 5.78. The molecule has 150 valence electrons. The van der Waals surface area contributed by atoms with E-state index in [4.69, 9.17) is 9.26 Å². The van der Waals surface area contributed by atoms with Gasteiger partial charge in [-0.25, -0.2) is 0 Å². The predicted octanol–water partition coefficient (Wildman–Crippen LogP) is 3.28. The summed E-state index contributed by atoms with van der Waals surface area (Å²) in [6.07, 6.45) is 1.53. The van der Waals surface area contributed by atoms with Gasteiger partial charge in [-0.1, -0.05) is 35.5 Å². The molecule has 0 bridgehead atoms. The quantitative estimate of drug-likeness (QED) is 0.693. The highest BCUT2D eigenvalue weighted by Gasteiger charge is 2.27. The van der Waals surface area contributed by atoms with E-state index in [9.17, 15) is 4.79 Å². The number of aromatic nitrogens is 2. The maximum atomic E-state index is 12.5. The van der Waals surface area contributed by atoms with E-state index in [1.165, 1.54) is 0 Å². The van der Waals surface area contributed by atoms with Gasteiger partial charge in [0.2, 0.25) is 11.7 Å². The van der Waals surface area contributed by atoms with Gasteiger partial charge in [0, 0.05) is 31.1 Å². The van der Waals surface area contributed by atoms with Crippen molar-refractivity contribution in [2.45, 2.75) is 19.4 Å². The Kier molecular flexibility index (Phi) is 5.74. The van der Waals surface area contributed by atoms with Crippen LogP contribution in [0, 0.1) is 5.92 Å². The minimum atomic E-state index is 0.0129. The molecule has 4 rings (SSSR count). The molecule has 0 spiro atoms. The number of piperidine rings is 1. The summed E-state index contributed by atoms with van der Waals surface area (Å²) in [6.45, 7) is 2.00. The van der Waals surface area contributed by atoms with Gasteiger partial charge < -0.3 is 19.5 Å². The van der Waals surface area contributed by atoms with Crippen LogP contribution in [0.1, 0.15) is 18.4 Å². The van der Waals surface area contributed by atoms with Crippen LogP contribution in [0.15, 0.2) is 59.1 Å². The molecule has 1 aliphatic heterocycles. The number of carbonyl (C=O) groups is 1. The average molecular weight is 392 g/mol. The van der Waals surface area contributed by atoms with Crippen molar-refractivity contribution < 1.29 is 14.1 Å². The van der Waals surface area contributed by atoms with Gasteiger partial charge in [0.15, 0.2) is 0 Å². The first kappa shape index (κ1) is 19.0. The van der Waals surface area contributed by atoms with Crippen molar-refractivity contribution in [3.05, 3.63) is 60.2 Å². The van der Waals surface area contributed by atoms with E-state index < -0.39 is 0 Å². The second kappa shape index (κ2) is 8.77. The van der Waals surface area contributed by atoms with Crippen molar-refractivity contribution in [2.24, 2.45) is 5.92 Å². The largest absolute Gasteiger partial charge is 0.497 e. The fraction of sp³-hybridized carbons (Fsp3) is 0.318. The molecule has 7 nitrogen and oxygen atoms in total. The van der Waals surface area contributed by atoms with Crippen molar-refractivity contribution in [3.63, 3.8) is 0 Å². The van der Waals surface area contributed by atoms with E-state index in [2.05, 4.69) is 15.5 Å². The molecular weight excluding hydrogens is 368 g/mol. The Bertz CT molecular complexity index is 932. The Balaban J connectivity index is 1.30. The number of rotatable bonds is 6. The number of ether oxygens (including phenoxy) is 1. The van der Waals surface area contributed by atoms with Crippen LogP contribution in [0.2, 0.25) is 0 Å². The number of hydrogen-bond acceptors (Lipinski definition) is 6. The normalized spacial score (nSPS) is 14.6. The van der Waals surface area contributed by atoms with Crippen LogP contribution in [-0.2, 0) is 11.3 Å². The molecule has 1 aliphatic rings. The summed E-state index contributed by atoms with van der Waals surface area (Å²) in [5.41, 5.74) is 1.98. The molecule has 7 heteroatoms. The second-order valence-electron chi connectivity index (χ2n) is 7.09. The number of amides is 1.